The third kappa shape index (κ3) is 1.74. The summed E-state index contributed by atoms with van der Waals surface area (Å²) in [5, 5.41) is 3.49. The molecule has 0 heterocycles. The van der Waals surface area contributed by atoms with Crippen molar-refractivity contribution in [3.05, 3.63) is 34.3 Å². The van der Waals surface area contributed by atoms with Gasteiger partial charge in [-0.1, -0.05) is 41.9 Å². The lowest BCUT2D eigenvalue weighted by Gasteiger charge is -2.35. The average Bonchev–Trinajstić information content (AvgIpc) is 2.99. The maximum atomic E-state index is 3.49. The van der Waals surface area contributed by atoms with E-state index in [0.29, 0.717) is 5.54 Å². The zero-order valence-corrected chi connectivity index (χ0v) is 11.2. The molecule has 1 aliphatic carbocycles. The maximum absolute atomic E-state index is 3.49. The lowest BCUT2D eigenvalue weighted by Crippen LogP contribution is -2.45. The van der Waals surface area contributed by atoms with Crippen LogP contribution in [-0.4, -0.2) is 12.6 Å². The van der Waals surface area contributed by atoms with Gasteiger partial charge in [0.15, 0.2) is 0 Å². The Labute approximate surface area is 100 Å². The molecule has 2 rings (SSSR count). The van der Waals surface area contributed by atoms with Crippen LogP contribution in [0.15, 0.2) is 28.7 Å². The van der Waals surface area contributed by atoms with E-state index >= 15 is 0 Å². The highest BCUT2D eigenvalue weighted by atomic mass is 79.9. The van der Waals surface area contributed by atoms with Crippen molar-refractivity contribution in [2.45, 2.75) is 37.6 Å². The molecule has 1 aliphatic rings. The van der Waals surface area contributed by atoms with Gasteiger partial charge in [0.05, 0.1) is 0 Å². The summed E-state index contributed by atoms with van der Waals surface area (Å²) in [7, 11) is 2.08. The Morgan fingerprint density at radius 2 is 1.73 bits per heavy atom. The molecule has 0 unspecified atom stereocenters. The van der Waals surface area contributed by atoms with Gasteiger partial charge >= 0.3 is 0 Å². The first-order valence-corrected chi connectivity index (χ1v) is 6.26. The smallest absolute Gasteiger partial charge is 0.0271 e. The molecule has 82 valence electrons. The molecule has 1 nitrogen and oxygen atoms in total. The van der Waals surface area contributed by atoms with Crippen LogP contribution >= 0.6 is 15.9 Å². The molecule has 1 N–H and O–H groups in total. The summed E-state index contributed by atoms with van der Waals surface area (Å²) in [6.07, 6.45) is 2.57. The molecule has 0 saturated heterocycles. The summed E-state index contributed by atoms with van der Waals surface area (Å²) in [6.45, 7) is 4.67. The molecule has 1 saturated carbocycles. The topological polar surface area (TPSA) is 12.0 Å². The fraction of sp³-hybridized carbons (Fsp3) is 0.538. The molecular weight excluding hydrogens is 250 g/mol. The summed E-state index contributed by atoms with van der Waals surface area (Å²) >= 11 is 3.48. The molecule has 0 aromatic heterocycles. The quantitative estimate of drug-likeness (QED) is 0.885. The zero-order valence-electron chi connectivity index (χ0n) is 9.60. The van der Waals surface area contributed by atoms with Crippen molar-refractivity contribution in [3.63, 3.8) is 0 Å². The third-order valence-electron chi connectivity index (χ3n) is 3.99. The molecular formula is C13H18BrN. The van der Waals surface area contributed by atoms with E-state index in [1.165, 1.54) is 18.4 Å². The predicted molar refractivity (Wildman–Crippen MR) is 68.2 cm³/mol. The fourth-order valence-corrected chi connectivity index (χ4v) is 2.72. The maximum Gasteiger partial charge on any atom is 0.0271 e. The van der Waals surface area contributed by atoms with Crippen molar-refractivity contribution in [2.24, 2.45) is 0 Å². The first-order chi connectivity index (χ1) is 7.02. The van der Waals surface area contributed by atoms with Gasteiger partial charge in [-0.2, -0.15) is 0 Å². The minimum absolute atomic E-state index is 0.211. The Kier molecular flexibility index (Phi) is 2.68. The average molecular weight is 268 g/mol. The van der Waals surface area contributed by atoms with Crippen LogP contribution in [0, 0.1) is 0 Å². The van der Waals surface area contributed by atoms with E-state index in [2.05, 4.69) is 66.4 Å². The minimum atomic E-state index is 0.211. The van der Waals surface area contributed by atoms with Crippen molar-refractivity contribution in [1.29, 1.82) is 0 Å². The normalized spacial score (nSPS) is 18.9. The lowest BCUT2D eigenvalue weighted by molar-refractivity contribution is 0.338. The lowest BCUT2D eigenvalue weighted by atomic mass is 9.75. The molecule has 1 fully saturated rings. The molecule has 15 heavy (non-hydrogen) atoms. The Morgan fingerprint density at radius 3 is 2.13 bits per heavy atom. The predicted octanol–water partition coefficient (Wildman–Crippen LogP) is 3.48. The van der Waals surface area contributed by atoms with Crippen molar-refractivity contribution in [2.75, 3.05) is 7.05 Å². The number of halogens is 1. The van der Waals surface area contributed by atoms with Gasteiger partial charge in [0.1, 0.15) is 0 Å². The van der Waals surface area contributed by atoms with Crippen LogP contribution in [0.3, 0.4) is 0 Å². The van der Waals surface area contributed by atoms with Gasteiger partial charge in [-0.25, -0.2) is 0 Å². The molecule has 0 bridgehead atoms. The highest BCUT2D eigenvalue weighted by Gasteiger charge is 2.53. The van der Waals surface area contributed by atoms with Crippen LogP contribution in [0.4, 0.5) is 0 Å². The first-order valence-electron chi connectivity index (χ1n) is 5.47. The van der Waals surface area contributed by atoms with Gasteiger partial charge in [0, 0.05) is 15.4 Å². The Balaban J connectivity index is 2.33. The van der Waals surface area contributed by atoms with E-state index in [0.717, 1.165) is 4.47 Å². The van der Waals surface area contributed by atoms with Crippen molar-refractivity contribution in [3.8, 4) is 0 Å². The summed E-state index contributed by atoms with van der Waals surface area (Å²) < 4.78 is 1.15. The molecule has 0 spiro atoms. The number of nitrogens with one attached hydrogen (secondary N) is 1. The van der Waals surface area contributed by atoms with E-state index in [1.807, 2.05) is 0 Å². The summed E-state index contributed by atoms with van der Waals surface area (Å²) in [4.78, 5) is 0. The molecule has 0 amide bonds. The van der Waals surface area contributed by atoms with E-state index in [4.69, 9.17) is 0 Å². The van der Waals surface area contributed by atoms with Gasteiger partial charge in [0.25, 0.3) is 0 Å². The van der Waals surface area contributed by atoms with Gasteiger partial charge in [0.2, 0.25) is 0 Å². The van der Waals surface area contributed by atoms with E-state index in [-0.39, 0.29) is 5.41 Å². The first kappa shape index (κ1) is 11.2. The summed E-state index contributed by atoms with van der Waals surface area (Å²) in [5.41, 5.74) is 1.95. The van der Waals surface area contributed by atoms with Crippen molar-refractivity contribution < 1.29 is 0 Å². The summed E-state index contributed by atoms with van der Waals surface area (Å²) in [5.74, 6) is 0. The van der Waals surface area contributed by atoms with Gasteiger partial charge in [-0.05, 0) is 37.6 Å². The van der Waals surface area contributed by atoms with Crippen LogP contribution in [0.25, 0.3) is 0 Å². The standard InChI is InChI=1S/C13H18BrN/c1-12(2,13(15-3)8-9-13)10-4-6-11(14)7-5-10/h4-7,15H,8-9H2,1-3H3. The Bertz CT molecular complexity index is 349. The second kappa shape index (κ2) is 3.60. The van der Waals surface area contributed by atoms with Crippen LogP contribution in [-0.2, 0) is 5.41 Å². The van der Waals surface area contributed by atoms with Gasteiger partial charge in [-0.15, -0.1) is 0 Å². The van der Waals surface area contributed by atoms with Crippen LogP contribution in [0.5, 0.6) is 0 Å². The highest BCUT2D eigenvalue weighted by molar-refractivity contribution is 9.10. The van der Waals surface area contributed by atoms with Crippen LogP contribution in [0.1, 0.15) is 32.3 Å². The van der Waals surface area contributed by atoms with E-state index < -0.39 is 0 Å². The summed E-state index contributed by atoms with van der Waals surface area (Å²) in [6, 6.07) is 8.70. The number of likely N-dealkylation sites (N-methyl/N-ethyl adjacent to an activating group) is 1. The molecule has 2 heteroatoms. The molecule has 1 aromatic rings. The second-order valence-corrected chi connectivity index (χ2v) is 5.88. The Morgan fingerprint density at radius 1 is 1.20 bits per heavy atom. The fourth-order valence-electron chi connectivity index (χ4n) is 2.46. The van der Waals surface area contributed by atoms with E-state index in [1.54, 1.807) is 0 Å². The van der Waals surface area contributed by atoms with Crippen molar-refractivity contribution in [1.82, 2.24) is 5.32 Å². The second-order valence-electron chi connectivity index (χ2n) is 4.96. The van der Waals surface area contributed by atoms with Crippen LogP contribution < -0.4 is 5.32 Å². The highest BCUT2D eigenvalue weighted by Crippen LogP contribution is 2.50. The minimum Gasteiger partial charge on any atom is -0.313 e. The molecule has 0 radical (unpaired) electrons. The van der Waals surface area contributed by atoms with E-state index in [9.17, 15) is 0 Å². The number of hydrogen-bond donors (Lipinski definition) is 1. The van der Waals surface area contributed by atoms with Crippen LogP contribution in [0.2, 0.25) is 0 Å². The van der Waals surface area contributed by atoms with Crippen molar-refractivity contribution >= 4 is 15.9 Å². The molecule has 1 aromatic carbocycles. The van der Waals surface area contributed by atoms with Gasteiger partial charge in [-0.3, -0.25) is 0 Å². The zero-order chi connectivity index (χ0) is 11.1. The SMILES string of the molecule is CNC1(C(C)(C)c2ccc(Br)cc2)CC1. The van der Waals surface area contributed by atoms with Gasteiger partial charge < -0.3 is 5.32 Å². The number of hydrogen-bond acceptors (Lipinski definition) is 1. The third-order valence-corrected chi connectivity index (χ3v) is 4.52. The largest absolute Gasteiger partial charge is 0.313 e. The number of benzene rings is 1. The molecule has 0 aliphatic heterocycles. The monoisotopic (exact) mass is 267 g/mol. The molecule has 0 atom stereocenters. The Hall–Kier alpha value is -0.340. The number of rotatable bonds is 3.